The van der Waals surface area contributed by atoms with Crippen molar-refractivity contribution in [2.45, 2.75) is 93.3 Å². The van der Waals surface area contributed by atoms with Gasteiger partial charge in [0.2, 0.25) is 0 Å². The molecule has 12 heteroatoms. The van der Waals surface area contributed by atoms with Crippen LogP contribution in [0.2, 0.25) is 0 Å². The van der Waals surface area contributed by atoms with Gasteiger partial charge in [-0.2, -0.15) is 0 Å². The van der Waals surface area contributed by atoms with Crippen LogP contribution in [-0.2, 0) is 40.4 Å². The van der Waals surface area contributed by atoms with Crippen LogP contribution in [0, 0.1) is 11.8 Å². The molecule has 0 saturated carbocycles. The Labute approximate surface area is 183 Å². The standard InChI is InChI=1S/C18H40O9P3/c1-9-17(10-2)13-22-29(20,24-15(5)6)26-28(19)27-30(21,25-16(7)8)23-14-18(11-3)12-4/h15-18H,9-14H2,1-8H3/q+1. The largest absolute Gasteiger partial charge is 0.719 e. The number of rotatable bonds is 18. The number of hydrogen-bond donors (Lipinski definition) is 0. The Morgan fingerprint density at radius 1 is 0.667 bits per heavy atom. The summed E-state index contributed by atoms with van der Waals surface area (Å²) in [7, 11) is -11.6. The molecule has 0 aliphatic rings. The van der Waals surface area contributed by atoms with E-state index in [1.54, 1.807) is 27.7 Å². The fourth-order valence-corrected chi connectivity index (χ4v) is 6.60. The van der Waals surface area contributed by atoms with Crippen molar-refractivity contribution in [1.82, 2.24) is 0 Å². The Balaban J connectivity index is 5.27. The van der Waals surface area contributed by atoms with E-state index in [1.165, 1.54) is 0 Å². The average Bonchev–Trinajstić information content (AvgIpc) is 2.61. The van der Waals surface area contributed by atoms with Gasteiger partial charge in [0.05, 0.1) is 25.4 Å². The number of hydrogen-bond acceptors (Lipinski definition) is 9. The zero-order valence-corrected chi connectivity index (χ0v) is 22.3. The summed E-state index contributed by atoms with van der Waals surface area (Å²) in [5.74, 6) is 0.269. The molecule has 0 heterocycles. The smallest absolute Gasteiger partial charge is 0.284 e. The molecule has 0 N–H and O–H groups in total. The summed E-state index contributed by atoms with van der Waals surface area (Å²) < 4.78 is 69.5. The molecule has 0 aliphatic heterocycles. The molecule has 180 valence electrons. The van der Waals surface area contributed by atoms with E-state index in [-0.39, 0.29) is 25.0 Å². The predicted molar refractivity (Wildman–Crippen MR) is 117 cm³/mol. The second-order valence-electron chi connectivity index (χ2n) is 7.55. The first-order chi connectivity index (χ1) is 13.9. The van der Waals surface area contributed by atoms with Gasteiger partial charge < -0.3 is 0 Å². The number of phosphoric ester groups is 2. The number of phosphoric acid groups is 2. The SMILES string of the molecule is CCC(CC)COP(=O)(OC(C)C)O[P+](=O)OP(=O)(OCC(CC)CC)OC(C)C. The molecule has 0 bridgehead atoms. The van der Waals surface area contributed by atoms with Gasteiger partial charge in [0.15, 0.2) is 0 Å². The summed E-state index contributed by atoms with van der Waals surface area (Å²) in [6.45, 7) is 14.7. The van der Waals surface area contributed by atoms with Gasteiger partial charge in [0.25, 0.3) is 0 Å². The van der Waals surface area contributed by atoms with Crippen LogP contribution >= 0.6 is 23.9 Å². The first-order valence-electron chi connectivity index (χ1n) is 10.6. The molecule has 0 aromatic heterocycles. The lowest BCUT2D eigenvalue weighted by atomic mass is 10.1. The molecular formula is C18H40O9P3+. The fraction of sp³-hybridized carbons (Fsp3) is 1.00. The van der Waals surface area contributed by atoms with E-state index >= 15 is 0 Å². The highest BCUT2D eigenvalue weighted by Crippen LogP contribution is 2.64. The van der Waals surface area contributed by atoms with Crippen molar-refractivity contribution in [3.63, 3.8) is 0 Å². The van der Waals surface area contributed by atoms with Crippen LogP contribution in [0.15, 0.2) is 0 Å². The van der Waals surface area contributed by atoms with Crippen molar-refractivity contribution in [2.75, 3.05) is 13.2 Å². The molecule has 0 aliphatic carbocycles. The highest BCUT2D eigenvalue weighted by atomic mass is 31.3. The predicted octanol–water partition coefficient (Wildman–Crippen LogP) is 7.65. The monoisotopic (exact) mass is 493 g/mol. The lowest BCUT2D eigenvalue weighted by molar-refractivity contribution is 0.0993. The van der Waals surface area contributed by atoms with Gasteiger partial charge in [-0.25, -0.2) is 9.13 Å². The third kappa shape index (κ3) is 13.0. The van der Waals surface area contributed by atoms with Gasteiger partial charge in [-0.05, 0) is 48.2 Å². The van der Waals surface area contributed by atoms with Crippen LogP contribution in [0.5, 0.6) is 0 Å². The zero-order valence-electron chi connectivity index (χ0n) is 19.6. The van der Waals surface area contributed by atoms with E-state index in [1.807, 2.05) is 27.7 Å². The van der Waals surface area contributed by atoms with Gasteiger partial charge >= 0.3 is 23.9 Å². The summed E-state index contributed by atoms with van der Waals surface area (Å²) in [5.41, 5.74) is 0. The maximum Gasteiger partial charge on any atom is 0.719 e. The summed E-state index contributed by atoms with van der Waals surface area (Å²) in [4.78, 5) is 0. The molecule has 2 atom stereocenters. The second kappa shape index (κ2) is 15.2. The van der Waals surface area contributed by atoms with E-state index < -0.39 is 36.1 Å². The Hall–Kier alpha value is 0.320. The molecular weight excluding hydrogens is 453 g/mol. The zero-order chi connectivity index (χ0) is 23.4. The average molecular weight is 493 g/mol. The molecule has 0 aromatic rings. The van der Waals surface area contributed by atoms with E-state index in [0.717, 1.165) is 25.7 Å². The third-order valence-electron chi connectivity index (χ3n) is 4.26. The first kappa shape index (κ1) is 30.3. The maximum absolute atomic E-state index is 12.9. The normalized spacial score (nSPS) is 17.0. The molecule has 0 amide bonds. The van der Waals surface area contributed by atoms with E-state index in [9.17, 15) is 13.7 Å². The van der Waals surface area contributed by atoms with Gasteiger partial charge in [0, 0.05) is 4.57 Å². The van der Waals surface area contributed by atoms with E-state index in [0.29, 0.717) is 0 Å². The first-order valence-corrected chi connectivity index (χ1v) is 14.7. The molecule has 0 spiro atoms. The molecule has 9 nitrogen and oxygen atoms in total. The van der Waals surface area contributed by atoms with Gasteiger partial charge in [-0.1, -0.05) is 53.4 Å². The molecule has 2 unspecified atom stereocenters. The highest BCUT2D eigenvalue weighted by Gasteiger charge is 2.49. The van der Waals surface area contributed by atoms with E-state index in [4.69, 9.17) is 26.7 Å². The van der Waals surface area contributed by atoms with Crippen LogP contribution in [0.1, 0.15) is 81.1 Å². The van der Waals surface area contributed by atoms with Crippen LogP contribution in [0.3, 0.4) is 0 Å². The van der Waals surface area contributed by atoms with Crippen LogP contribution in [-0.4, -0.2) is 25.4 Å². The third-order valence-corrected chi connectivity index (χ3v) is 9.22. The van der Waals surface area contributed by atoms with Crippen molar-refractivity contribution in [1.29, 1.82) is 0 Å². The van der Waals surface area contributed by atoms with Gasteiger partial charge in [-0.15, -0.1) is 0 Å². The highest BCUT2D eigenvalue weighted by molar-refractivity contribution is 7.62. The minimum Gasteiger partial charge on any atom is -0.284 e. The van der Waals surface area contributed by atoms with Crippen LogP contribution < -0.4 is 0 Å². The molecule has 0 fully saturated rings. The summed E-state index contributed by atoms with van der Waals surface area (Å²) in [5, 5.41) is 0. The molecule has 0 rings (SSSR count). The van der Waals surface area contributed by atoms with Crippen molar-refractivity contribution >= 4 is 23.9 Å². The quantitative estimate of drug-likeness (QED) is 0.178. The van der Waals surface area contributed by atoms with E-state index in [2.05, 4.69) is 0 Å². The molecule has 0 radical (unpaired) electrons. The molecule has 30 heavy (non-hydrogen) atoms. The van der Waals surface area contributed by atoms with Crippen LogP contribution in [0.25, 0.3) is 0 Å². The second-order valence-corrected chi connectivity index (χ2v) is 12.0. The lowest BCUT2D eigenvalue weighted by Crippen LogP contribution is -2.11. The summed E-state index contributed by atoms with van der Waals surface area (Å²) in [6, 6.07) is 0. The molecule has 0 saturated heterocycles. The van der Waals surface area contributed by atoms with Gasteiger partial charge in [0.1, 0.15) is 0 Å². The van der Waals surface area contributed by atoms with Crippen molar-refractivity contribution < 1.29 is 40.4 Å². The minimum absolute atomic E-state index is 0.103. The topological polar surface area (TPSA) is 107 Å². The van der Waals surface area contributed by atoms with Crippen LogP contribution in [0.4, 0.5) is 0 Å². The van der Waals surface area contributed by atoms with Crippen molar-refractivity contribution in [3.05, 3.63) is 0 Å². The van der Waals surface area contributed by atoms with Gasteiger partial charge in [-0.3, -0.25) is 18.1 Å². The maximum atomic E-state index is 12.9. The summed E-state index contributed by atoms with van der Waals surface area (Å²) in [6.07, 6.45) is 2.19. The van der Waals surface area contributed by atoms with Crippen molar-refractivity contribution in [2.24, 2.45) is 11.8 Å². The fourth-order valence-electron chi connectivity index (χ4n) is 2.28. The minimum atomic E-state index is -4.22. The summed E-state index contributed by atoms with van der Waals surface area (Å²) >= 11 is 0. The molecule has 0 aromatic carbocycles. The Bertz CT molecular complexity index is 527. The Morgan fingerprint density at radius 2 is 0.967 bits per heavy atom. The van der Waals surface area contributed by atoms with Crippen molar-refractivity contribution in [3.8, 4) is 0 Å². The lowest BCUT2D eigenvalue weighted by Gasteiger charge is -2.19. The Kier molecular flexibility index (Phi) is 15.4. The Morgan fingerprint density at radius 3 is 1.20 bits per heavy atom.